The number of hydrogen-bond acceptors (Lipinski definition) is 7. The molecule has 0 bridgehead atoms. The molecule has 1 saturated heterocycles. The van der Waals surface area contributed by atoms with E-state index in [-0.39, 0.29) is 28.5 Å². The zero-order valence-corrected chi connectivity index (χ0v) is 20.1. The van der Waals surface area contributed by atoms with Crippen LogP contribution in [0.2, 0.25) is 0 Å². The summed E-state index contributed by atoms with van der Waals surface area (Å²) in [5.74, 6) is 0.0942. The molecule has 9 nitrogen and oxygen atoms in total. The number of esters is 1. The van der Waals surface area contributed by atoms with Gasteiger partial charge in [-0.3, -0.25) is 14.5 Å². The maximum absolute atomic E-state index is 13.3. The molecule has 2 aliphatic carbocycles. The Kier molecular flexibility index (Phi) is 6.66. The summed E-state index contributed by atoms with van der Waals surface area (Å²) >= 11 is 0. The van der Waals surface area contributed by atoms with Crippen LogP contribution in [0.5, 0.6) is 5.75 Å². The summed E-state index contributed by atoms with van der Waals surface area (Å²) in [4.78, 5) is 43.1. The first-order valence-corrected chi connectivity index (χ1v) is 12.6. The van der Waals surface area contributed by atoms with Crippen molar-refractivity contribution in [3.8, 4) is 5.75 Å². The van der Waals surface area contributed by atoms with Crippen molar-refractivity contribution in [2.24, 2.45) is 11.3 Å². The van der Waals surface area contributed by atoms with Crippen molar-refractivity contribution in [2.45, 2.75) is 45.1 Å². The third kappa shape index (κ3) is 4.47. The van der Waals surface area contributed by atoms with Crippen molar-refractivity contribution in [1.29, 1.82) is 0 Å². The van der Waals surface area contributed by atoms with Gasteiger partial charge < -0.3 is 23.7 Å². The van der Waals surface area contributed by atoms with Crippen LogP contribution in [0.15, 0.2) is 10.9 Å². The lowest BCUT2D eigenvalue weighted by Gasteiger charge is -2.26. The highest BCUT2D eigenvalue weighted by Gasteiger charge is 2.59. The Morgan fingerprint density at radius 2 is 1.88 bits per heavy atom. The highest BCUT2D eigenvalue weighted by molar-refractivity contribution is 5.93. The van der Waals surface area contributed by atoms with E-state index in [0.29, 0.717) is 63.7 Å². The average molecular weight is 474 g/mol. The summed E-state index contributed by atoms with van der Waals surface area (Å²) in [6.45, 7) is 5.48. The van der Waals surface area contributed by atoms with Crippen molar-refractivity contribution in [3.05, 3.63) is 27.7 Å². The smallest absolute Gasteiger partial charge is 0.343 e. The van der Waals surface area contributed by atoms with Gasteiger partial charge in [0.25, 0.3) is 5.56 Å². The zero-order valence-electron chi connectivity index (χ0n) is 20.1. The number of nitrogens with zero attached hydrogens (tertiary/aromatic N) is 3. The van der Waals surface area contributed by atoms with E-state index in [1.807, 2.05) is 4.90 Å². The van der Waals surface area contributed by atoms with Crippen LogP contribution < -0.4 is 10.3 Å². The molecule has 0 radical (unpaired) electrons. The fourth-order valence-electron chi connectivity index (χ4n) is 6.06. The molecule has 1 atom stereocenters. The Bertz CT molecular complexity index is 993. The van der Waals surface area contributed by atoms with E-state index in [1.165, 1.54) is 26.0 Å². The van der Waals surface area contributed by atoms with Crippen LogP contribution >= 0.6 is 0 Å². The molecule has 1 aromatic heterocycles. The van der Waals surface area contributed by atoms with Gasteiger partial charge in [0.1, 0.15) is 17.9 Å². The summed E-state index contributed by atoms with van der Waals surface area (Å²) in [6.07, 6.45) is 6.20. The van der Waals surface area contributed by atoms with Gasteiger partial charge >= 0.3 is 5.97 Å². The number of carbonyl (C=O) groups excluding carboxylic acids is 2. The van der Waals surface area contributed by atoms with Crippen LogP contribution in [-0.2, 0) is 27.2 Å². The molecule has 1 aromatic rings. The number of rotatable bonds is 6. The number of ether oxygens (including phenoxy) is 3. The van der Waals surface area contributed by atoms with Crippen LogP contribution in [0.1, 0.15) is 48.2 Å². The van der Waals surface area contributed by atoms with E-state index >= 15 is 0 Å². The Morgan fingerprint density at radius 3 is 2.62 bits per heavy atom. The minimum Gasteiger partial charge on any atom is -0.491 e. The molecule has 5 rings (SSSR count). The maximum Gasteiger partial charge on any atom is 0.343 e. The first-order chi connectivity index (χ1) is 16.5. The summed E-state index contributed by atoms with van der Waals surface area (Å²) in [6, 6.07) is 1.39. The first-order valence-electron chi connectivity index (χ1n) is 12.6. The van der Waals surface area contributed by atoms with Gasteiger partial charge in [-0.25, -0.2) is 4.79 Å². The molecule has 3 heterocycles. The van der Waals surface area contributed by atoms with Gasteiger partial charge in [0, 0.05) is 63.4 Å². The van der Waals surface area contributed by atoms with Crippen molar-refractivity contribution < 1.29 is 23.8 Å². The van der Waals surface area contributed by atoms with Crippen LogP contribution in [-0.4, -0.2) is 85.9 Å². The first kappa shape index (κ1) is 23.4. The maximum atomic E-state index is 13.3. The minimum absolute atomic E-state index is 0.132. The Morgan fingerprint density at radius 1 is 1.12 bits per heavy atom. The second-order valence-electron chi connectivity index (χ2n) is 10.0. The highest BCUT2D eigenvalue weighted by Crippen LogP contribution is 2.63. The van der Waals surface area contributed by atoms with Crippen molar-refractivity contribution >= 4 is 11.9 Å². The van der Waals surface area contributed by atoms with Crippen LogP contribution in [0.25, 0.3) is 0 Å². The van der Waals surface area contributed by atoms with Crippen LogP contribution in [0.3, 0.4) is 0 Å². The summed E-state index contributed by atoms with van der Waals surface area (Å²) in [7, 11) is 1.34. The summed E-state index contributed by atoms with van der Waals surface area (Å²) in [5.41, 5.74) is 0.933. The largest absolute Gasteiger partial charge is 0.491 e. The molecule has 1 unspecified atom stereocenters. The van der Waals surface area contributed by atoms with E-state index in [2.05, 4.69) is 4.90 Å². The lowest BCUT2D eigenvalue weighted by atomic mass is 10.0. The number of pyridine rings is 1. The van der Waals surface area contributed by atoms with Gasteiger partial charge in [0.15, 0.2) is 0 Å². The van der Waals surface area contributed by atoms with Gasteiger partial charge in [-0.15, -0.1) is 0 Å². The number of methoxy groups -OCH3 is 1. The fourth-order valence-corrected chi connectivity index (χ4v) is 6.06. The number of hydrogen-bond donors (Lipinski definition) is 0. The molecule has 9 heteroatoms. The number of aromatic nitrogens is 1. The molecule has 0 N–H and O–H groups in total. The van der Waals surface area contributed by atoms with E-state index in [4.69, 9.17) is 14.2 Å². The van der Waals surface area contributed by atoms with Crippen LogP contribution in [0.4, 0.5) is 0 Å². The third-order valence-corrected chi connectivity index (χ3v) is 8.15. The molecule has 3 fully saturated rings. The lowest BCUT2D eigenvalue weighted by molar-refractivity contribution is -0.133. The van der Waals surface area contributed by atoms with Crippen molar-refractivity contribution in [2.75, 3.05) is 59.7 Å². The topological polar surface area (TPSA) is 90.3 Å². The predicted molar refractivity (Wildman–Crippen MR) is 124 cm³/mol. The van der Waals surface area contributed by atoms with Gasteiger partial charge in [-0.1, -0.05) is 12.8 Å². The normalized spacial score (nSPS) is 23.9. The second kappa shape index (κ2) is 9.70. The molecule has 4 aliphatic rings. The molecule has 186 valence electrons. The van der Waals surface area contributed by atoms with E-state index in [1.54, 1.807) is 4.57 Å². The average Bonchev–Trinajstić information content (AvgIpc) is 3.44. The monoisotopic (exact) mass is 473 g/mol. The molecule has 1 spiro atoms. The van der Waals surface area contributed by atoms with Crippen molar-refractivity contribution in [1.82, 2.24) is 14.4 Å². The molecular formula is C25H35N3O6. The van der Waals surface area contributed by atoms with Gasteiger partial charge in [-0.05, 0) is 24.7 Å². The summed E-state index contributed by atoms with van der Waals surface area (Å²) in [5, 5.41) is 0. The van der Waals surface area contributed by atoms with E-state index < -0.39 is 5.97 Å². The number of amides is 1. The lowest BCUT2D eigenvalue weighted by Crippen LogP contribution is -2.38. The molecular weight excluding hydrogens is 438 g/mol. The predicted octanol–water partition coefficient (Wildman–Crippen LogP) is 1.31. The van der Waals surface area contributed by atoms with E-state index in [9.17, 15) is 14.4 Å². The van der Waals surface area contributed by atoms with Crippen LogP contribution in [0, 0.1) is 11.3 Å². The SMILES string of the molecule is COC(=O)c1c(OCCN2CCOCC2)cc(=O)n2c1CCN(C(=O)C1CC13CCCC3)CC2. The third-order valence-electron chi connectivity index (χ3n) is 8.15. The standard InChI is InChI=1S/C25H35N3O6/c1-32-24(31)22-19-4-7-27(23(30)18-17-25(18)5-2-3-6-25)8-9-28(19)21(29)16-20(22)34-15-12-26-10-13-33-14-11-26/h16,18H,2-15,17H2,1H3. The number of carbonyl (C=O) groups is 2. The second-order valence-corrected chi connectivity index (χ2v) is 10.0. The number of morpholine rings is 1. The quantitative estimate of drug-likeness (QED) is 0.576. The Balaban J connectivity index is 1.32. The fraction of sp³-hybridized carbons (Fsp3) is 0.720. The molecule has 34 heavy (non-hydrogen) atoms. The molecule has 0 aromatic carbocycles. The van der Waals surface area contributed by atoms with E-state index in [0.717, 1.165) is 32.4 Å². The highest BCUT2D eigenvalue weighted by atomic mass is 16.5. The Labute approximate surface area is 199 Å². The number of fused-ring (bicyclic) bond motifs is 1. The van der Waals surface area contributed by atoms with Crippen molar-refractivity contribution in [3.63, 3.8) is 0 Å². The molecule has 1 amide bonds. The zero-order chi connectivity index (χ0) is 23.7. The minimum atomic E-state index is -0.517. The van der Waals surface area contributed by atoms with Gasteiger partial charge in [-0.2, -0.15) is 0 Å². The molecule has 2 saturated carbocycles. The van der Waals surface area contributed by atoms with Gasteiger partial charge in [0.05, 0.1) is 20.3 Å². The summed E-state index contributed by atoms with van der Waals surface area (Å²) < 4.78 is 18.0. The molecule has 2 aliphatic heterocycles. The van der Waals surface area contributed by atoms with Gasteiger partial charge in [0.2, 0.25) is 5.91 Å². The Hall–Kier alpha value is -2.39.